The van der Waals surface area contributed by atoms with Gasteiger partial charge in [0.05, 0.1) is 5.39 Å². The van der Waals surface area contributed by atoms with Crippen LogP contribution in [0.4, 0.5) is 10.2 Å². The third-order valence-electron chi connectivity index (χ3n) is 7.37. The fourth-order valence-corrected chi connectivity index (χ4v) is 5.93. The monoisotopic (exact) mass is 442 g/mol. The van der Waals surface area contributed by atoms with E-state index in [4.69, 9.17) is 4.98 Å². The van der Waals surface area contributed by atoms with Gasteiger partial charge in [-0.1, -0.05) is 25.1 Å². The highest BCUT2D eigenvalue weighted by atomic mass is 19.1. The first kappa shape index (κ1) is 20.3. The van der Waals surface area contributed by atoms with Crippen molar-refractivity contribution in [3.63, 3.8) is 0 Å². The number of anilines is 1. The zero-order valence-electron chi connectivity index (χ0n) is 19.0. The van der Waals surface area contributed by atoms with Crippen molar-refractivity contribution in [2.24, 2.45) is 11.8 Å². The Morgan fingerprint density at radius 1 is 1.12 bits per heavy atom. The summed E-state index contributed by atoms with van der Waals surface area (Å²) in [6.45, 7) is 5.81. The highest BCUT2D eigenvalue weighted by Gasteiger charge is 2.34. The van der Waals surface area contributed by atoms with E-state index in [0.29, 0.717) is 34.1 Å². The lowest BCUT2D eigenvalue weighted by Crippen LogP contribution is -2.37. The molecule has 5 nitrogen and oxygen atoms in total. The van der Waals surface area contributed by atoms with E-state index < -0.39 is 5.82 Å². The van der Waals surface area contributed by atoms with Crippen LogP contribution in [0.1, 0.15) is 37.6 Å². The molecule has 6 rings (SSSR count). The third-order valence-corrected chi connectivity index (χ3v) is 7.37. The summed E-state index contributed by atoms with van der Waals surface area (Å²) in [5, 5.41) is 12.8. The maximum absolute atomic E-state index is 16.1. The van der Waals surface area contributed by atoms with Crippen molar-refractivity contribution in [3.8, 4) is 17.0 Å². The predicted molar refractivity (Wildman–Crippen MR) is 129 cm³/mol. The summed E-state index contributed by atoms with van der Waals surface area (Å²) in [5.41, 5.74) is 2.20. The zero-order chi connectivity index (χ0) is 22.7. The highest BCUT2D eigenvalue weighted by Crippen LogP contribution is 2.41. The summed E-state index contributed by atoms with van der Waals surface area (Å²) in [7, 11) is 0. The Morgan fingerprint density at radius 2 is 1.91 bits per heavy atom. The first-order valence-corrected chi connectivity index (χ1v) is 11.8. The van der Waals surface area contributed by atoms with Crippen LogP contribution in [-0.4, -0.2) is 33.1 Å². The number of nitrogens with zero attached hydrogens (tertiary/aromatic N) is 4. The molecule has 168 valence electrons. The molecule has 3 heterocycles. The van der Waals surface area contributed by atoms with E-state index >= 15 is 4.39 Å². The van der Waals surface area contributed by atoms with Crippen LogP contribution >= 0.6 is 0 Å². The van der Waals surface area contributed by atoms with Gasteiger partial charge in [0.1, 0.15) is 28.6 Å². The second-order valence-corrected chi connectivity index (χ2v) is 9.59. The van der Waals surface area contributed by atoms with Crippen LogP contribution in [0.5, 0.6) is 5.75 Å². The standard InChI is InChI=1S/C27H27FN4O/c1-3-18-5-4-6-19-10-20(33)11-21(23(18)19)25-24(28)26-22(12-29-25)27(31-15(2)30-26)32-13-16-7-8-17(9-16)14-32/h4-6,10-12,16-17,33H,3,7-9,13-14H2,1-2H3. The maximum atomic E-state index is 16.1. The fourth-order valence-electron chi connectivity index (χ4n) is 5.93. The molecule has 0 radical (unpaired) electrons. The van der Waals surface area contributed by atoms with Crippen molar-refractivity contribution in [1.29, 1.82) is 0 Å². The number of phenolic OH excluding ortho intramolecular Hbond substituents is 1. The molecule has 2 fully saturated rings. The number of pyridine rings is 1. The Labute approximate surface area is 192 Å². The largest absolute Gasteiger partial charge is 0.508 e. The predicted octanol–water partition coefficient (Wildman–Crippen LogP) is 5.80. The molecule has 0 amide bonds. The van der Waals surface area contributed by atoms with Gasteiger partial charge >= 0.3 is 0 Å². The van der Waals surface area contributed by atoms with E-state index in [0.717, 1.165) is 41.7 Å². The van der Waals surface area contributed by atoms with Gasteiger partial charge in [-0.25, -0.2) is 14.4 Å². The molecule has 1 saturated heterocycles. The number of piperidine rings is 1. The highest BCUT2D eigenvalue weighted by molar-refractivity contribution is 6.01. The van der Waals surface area contributed by atoms with Crippen molar-refractivity contribution < 1.29 is 9.50 Å². The van der Waals surface area contributed by atoms with Gasteiger partial charge in [0.15, 0.2) is 5.82 Å². The second-order valence-electron chi connectivity index (χ2n) is 9.59. The Balaban J connectivity index is 1.56. The van der Waals surface area contributed by atoms with Crippen molar-refractivity contribution in [1.82, 2.24) is 15.0 Å². The molecule has 2 unspecified atom stereocenters. The molecule has 4 aromatic rings. The van der Waals surface area contributed by atoms with Gasteiger partial charge in [-0.3, -0.25) is 4.98 Å². The summed E-state index contributed by atoms with van der Waals surface area (Å²) in [6, 6.07) is 9.26. The average molecular weight is 443 g/mol. The van der Waals surface area contributed by atoms with Crippen LogP contribution < -0.4 is 4.90 Å². The van der Waals surface area contributed by atoms with Gasteiger partial charge in [-0.15, -0.1) is 0 Å². The molecule has 33 heavy (non-hydrogen) atoms. The number of fused-ring (bicyclic) bond motifs is 4. The van der Waals surface area contributed by atoms with Crippen LogP contribution in [0.2, 0.25) is 0 Å². The molecule has 2 bridgehead atoms. The Kier molecular flexibility index (Phi) is 4.71. The first-order chi connectivity index (χ1) is 16.0. The second kappa shape index (κ2) is 7.65. The van der Waals surface area contributed by atoms with E-state index in [-0.39, 0.29) is 11.4 Å². The molecule has 2 aliphatic rings. The quantitative estimate of drug-likeness (QED) is 0.435. The summed E-state index contributed by atoms with van der Waals surface area (Å²) < 4.78 is 16.1. The summed E-state index contributed by atoms with van der Waals surface area (Å²) in [6.07, 6.45) is 6.34. The first-order valence-electron chi connectivity index (χ1n) is 11.8. The smallest absolute Gasteiger partial charge is 0.175 e. The molecule has 2 aromatic heterocycles. The molecule has 1 saturated carbocycles. The van der Waals surface area contributed by atoms with Gasteiger partial charge in [0.2, 0.25) is 0 Å². The van der Waals surface area contributed by atoms with E-state index in [1.54, 1.807) is 18.3 Å². The van der Waals surface area contributed by atoms with Gasteiger partial charge in [0.25, 0.3) is 0 Å². The zero-order valence-corrected chi connectivity index (χ0v) is 19.0. The van der Waals surface area contributed by atoms with Crippen LogP contribution in [0.15, 0.2) is 36.5 Å². The third kappa shape index (κ3) is 3.31. The molecule has 1 aliphatic carbocycles. The van der Waals surface area contributed by atoms with Crippen LogP contribution in [0, 0.1) is 24.6 Å². The fraction of sp³-hybridized carbons (Fsp3) is 0.370. The van der Waals surface area contributed by atoms with Gasteiger partial charge in [-0.05, 0) is 72.9 Å². The minimum atomic E-state index is -0.461. The number of aromatic hydroxyl groups is 1. The van der Waals surface area contributed by atoms with Gasteiger partial charge in [-0.2, -0.15) is 0 Å². The maximum Gasteiger partial charge on any atom is 0.175 e. The van der Waals surface area contributed by atoms with Gasteiger partial charge < -0.3 is 10.0 Å². The molecule has 6 heteroatoms. The molecule has 1 N–H and O–H groups in total. The van der Waals surface area contributed by atoms with E-state index in [2.05, 4.69) is 21.8 Å². The molecular formula is C27H27FN4O. The van der Waals surface area contributed by atoms with Crippen molar-refractivity contribution in [2.45, 2.75) is 39.5 Å². The normalized spacial score (nSPS) is 20.2. The Morgan fingerprint density at radius 3 is 2.67 bits per heavy atom. The lowest BCUT2D eigenvalue weighted by Gasteiger charge is -2.33. The average Bonchev–Trinajstić information content (AvgIpc) is 3.15. The lowest BCUT2D eigenvalue weighted by molar-refractivity contribution is 0.419. The summed E-state index contributed by atoms with van der Waals surface area (Å²) >= 11 is 0. The minimum absolute atomic E-state index is 0.0930. The van der Waals surface area contributed by atoms with Crippen molar-refractivity contribution >= 4 is 27.5 Å². The molecule has 2 atom stereocenters. The topological polar surface area (TPSA) is 62.1 Å². The number of benzene rings is 2. The molecular weight excluding hydrogens is 415 g/mol. The summed E-state index contributed by atoms with van der Waals surface area (Å²) in [5.74, 6) is 2.37. The molecule has 2 aromatic carbocycles. The SMILES string of the molecule is CCc1cccc2cc(O)cc(-c3ncc4c(N5CC6CCC(C6)C5)nc(C)nc4c3F)c12. The van der Waals surface area contributed by atoms with Gasteiger partial charge in [0, 0.05) is 24.8 Å². The minimum Gasteiger partial charge on any atom is -0.508 e. The number of rotatable bonds is 3. The lowest BCUT2D eigenvalue weighted by atomic mass is 9.95. The van der Waals surface area contributed by atoms with E-state index in [1.807, 2.05) is 25.1 Å². The summed E-state index contributed by atoms with van der Waals surface area (Å²) in [4.78, 5) is 16.1. The van der Waals surface area contributed by atoms with E-state index in [1.165, 1.54) is 19.3 Å². The number of halogens is 1. The van der Waals surface area contributed by atoms with Crippen LogP contribution in [0.3, 0.4) is 0 Å². The number of phenols is 1. The van der Waals surface area contributed by atoms with Crippen molar-refractivity contribution in [3.05, 3.63) is 53.7 Å². The number of hydrogen-bond acceptors (Lipinski definition) is 5. The Bertz CT molecular complexity index is 1390. The molecule has 0 spiro atoms. The molecule has 1 aliphatic heterocycles. The number of aromatic nitrogens is 3. The van der Waals surface area contributed by atoms with Crippen LogP contribution in [0.25, 0.3) is 32.9 Å². The Hall–Kier alpha value is -3.28. The number of hydrogen-bond donors (Lipinski definition) is 1. The van der Waals surface area contributed by atoms with E-state index in [9.17, 15) is 5.11 Å². The van der Waals surface area contributed by atoms with Crippen LogP contribution in [-0.2, 0) is 6.42 Å². The van der Waals surface area contributed by atoms with Crippen molar-refractivity contribution in [2.75, 3.05) is 18.0 Å². The number of aryl methyl sites for hydroxylation is 2.